The number of alkyl carbamates (subject to hydrolysis) is 1. The Kier molecular flexibility index (Phi) is 8.50. The molecule has 9 heteroatoms. The Morgan fingerprint density at radius 1 is 0.892 bits per heavy atom. The molecule has 4 rings (SSSR count). The number of hydrogen-bond acceptors (Lipinski definition) is 6. The maximum Gasteiger partial charge on any atom is 0.407 e. The zero-order valence-electron chi connectivity index (χ0n) is 20.3. The molecule has 0 bridgehead atoms. The van der Waals surface area contributed by atoms with Crippen molar-refractivity contribution >= 4 is 18.0 Å². The van der Waals surface area contributed by atoms with Crippen molar-refractivity contribution in [3.8, 4) is 11.1 Å². The molecule has 3 aromatic rings. The molecule has 9 nitrogen and oxygen atoms in total. The minimum absolute atomic E-state index is 0.0724. The number of nitrogens with one attached hydrogen (secondary N) is 2. The van der Waals surface area contributed by atoms with Crippen LogP contribution in [0.5, 0.6) is 0 Å². The number of carboxylic acids is 1. The highest BCUT2D eigenvalue weighted by Crippen LogP contribution is 2.44. The highest BCUT2D eigenvalue weighted by molar-refractivity contribution is 5.86. The average Bonchev–Trinajstić information content (AvgIpc) is 3.23. The predicted octanol–water partition coefficient (Wildman–Crippen LogP) is 3.63. The second kappa shape index (κ2) is 12.2. The first-order chi connectivity index (χ1) is 17.9. The third-order valence-corrected chi connectivity index (χ3v) is 6.09. The van der Waals surface area contributed by atoms with Crippen molar-refractivity contribution in [2.75, 3.05) is 13.2 Å². The maximum absolute atomic E-state index is 12.8. The Bertz CT molecular complexity index is 1200. The summed E-state index contributed by atoms with van der Waals surface area (Å²) in [5.41, 5.74) is 7.26. The van der Waals surface area contributed by atoms with Crippen LogP contribution < -0.4 is 10.8 Å². The third-order valence-electron chi connectivity index (χ3n) is 6.09. The van der Waals surface area contributed by atoms with E-state index < -0.39 is 36.7 Å². The van der Waals surface area contributed by atoms with E-state index in [0.717, 1.165) is 27.8 Å². The standard InChI is InChI=1S/C28H28N2O7/c1-18(35-15-19-9-3-2-4-10-19)26(27(33)30-37-17-25(31)32)29-28(34)36-16-24-22-13-7-5-11-20(22)21-12-6-8-14-23(21)24/h2-14,18,24,26H,15-17H2,1H3,(H,29,34)(H,30,33)(H,31,32). The highest BCUT2D eigenvalue weighted by atomic mass is 16.7. The van der Waals surface area contributed by atoms with Crippen molar-refractivity contribution in [3.63, 3.8) is 0 Å². The number of ether oxygens (including phenoxy) is 2. The van der Waals surface area contributed by atoms with E-state index in [1.54, 1.807) is 6.92 Å². The minimum Gasteiger partial charge on any atom is -0.479 e. The van der Waals surface area contributed by atoms with E-state index in [1.165, 1.54) is 0 Å². The molecule has 0 spiro atoms. The molecule has 0 aliphatic heterocycles. The summed E-state index contributed by atoms with van der Waals surface area (Å²) in [7, 11) is 0. The largest absolute Gasteiger partial charge is 0.479 e. The summed E-state index contributed by atoms with van der Waals surface area (Å²) in [6.45, 7) is 1.16. The second-order valence-corrected chi connectivity index (χ2v) is 8.60. The van der Waals surface area contributed by atoms with Gasteiger partial charge in [-0.15, -0.1) is 0 Å². The molecule has 0 fully saturated rings. The Labute approximate surface area is 214 Å². The lowest BCUT2D eigenvalue weighted by molar-refractivity contribution is -0.151. The van der Waals surface area contributed by atoms with E-state index in [4.69, 9.17) is 19.4 Å². The number of carboxylic acid groups (broad SMARTS) is 1. The summed E-state index contributed by atoms with van der Waals surface area (Å²) in [6.07, 6.45) is -1.59. The second-order valence-electron chi connectivity index (χ2n) is 8.60. The van der Waals surface area contributed by atoms with Gasteiger partial charge in [-0.05, 0) is 34.7 Å². The molecule has 0 saturated carbocycles. The summed E-state index contributed by atoms with van der Waals surface area (Å²) in [4.78, 5) is 40.9. The van der Waals surface area contributed by atoms with Crippen LogP contribution in [0, 0.1) is 0 Å². The summed E-state index contributed by atoms with van der Waals surface area (Å²) in [5, 5.41) is 11.3. The lowest BCUT2D eigenvalue weighted by Gasteiger charge is -2.24. The van der Waals surface area contributed by atoms with Gasteiger partial charge in [0.15, 0.2) is 6.61 Å². The zero-order valence-corrected chi connectivity index (χ0v) is 20.3. The Balaban J connectivity index is 1.41. The van der Waals surface area contributed by atoms with Crippen molar-refractivity contribution in [2.24, 2.45) is 0 Å². The van der Waals surface area contributed by atoms with E-state index in [9.17, 15) is 14.4 Å². The number of rotatable bonds is 11. The molecule has 0 radical (unpaired) electrons. The van der Waals surface area contributed by atoms with Gasteiger partial charge in [0.25, 0.3) is 5.91 Å². The number of hydroxylamine groups is 1. The van der Waals surface area contributed by atoms with Gasteiger partial charge in [-0.25, -0.2) is 15.1 Å². The van der Waals surface area contributed by atoms with E-state index in [2.05, 4.69) is 10.8 Å². The topological polar surface area (TPSA) is 123 Å². The quantitative estimate of drug-likeness (QED) is 0.341. The molecular weight excluding hydrogens is 476 g/mol. The smallest absolute Gasteiger partial charge is 0.407 e. The van der Waals surface area contributed by atoms with Crippen LogP contribution in [0.25, 0.3) is 11.1 Å². The first-order valence-corrected chi connectivity index (χ1v) is 11.8. The maximum atomic E-state index is 12.8. The predicted molar refractivity (Wildman–Crippen MR) is 134 cm³/mol. The van der Waals surface area contributed by atoms with Crippen molar-refractivity contribution < 1.29 is 33.8 Å². The fourth-order valence-electron chi connectivity index (χ4n) is 4.29. The molecule has 2 atom stereocenters. The SMILES string of the molecule is CC(OCc1ccccc1)C(NC(=O)OCC1c2ccccc2-c2ccccc21)C(=O)NOCC(=O)O. The first-order valence-electron chi connectivity index (χ1n) is 11.8. The van der Waals surface area contributed by atoms with Gasteiger partial charge in [0.05, 0.1) is 12.7 Å². The van der Waals surface area contributed by atoms with Crippen LogP contribution in [0.1, 0.15) is 29.5 Å². The van der Waals surface area contributed by atoms with Crippen LogP contribution in [0.15, 0.2) is 78.9 Å². The number of carbonyl (C=O) groups is 3. The molecule has 2 amide bonds. The van der Waals surface area contributed by atoms with E-state index in [0.29, 0.717) is 0 Å². The number of carbonyl (C=O) groups excluding carboxylic acids is 2. The number of hydrogen-bond donors (Lipinski definition) is 3. The lowest BCUT2D eigenvalue weighted by Crippen LogP contribution is -2.53. The number of benzene rings is 3. The molecule has 1 aliphatic carbocycles. The Morgan fingerprint density at radius 3 is 2.11 bits per heavy atom. The molecule has 3 N–H and O–H groups in total. The Morgan fingerprint density at radius 2 is 1.49 bits per heavy atom. The van der Waals surface area contributed by atoms with Gasteiger partial charge in [0.2, 0.25) is 0 Å². The summed E-state index contributed by atoms with van der Waals surface area (Å²) < 4.78 is 11.4. The first kappa shape index (κ1) is 25.9. The average molecular weight is 505 g/mol. The van der Waals surface area contributed by atoms with Crippen LogP contribution in [-0.4, -0.2) is 48.4 Å². The summed E-state index contributed by atoms with van der Waals surface area (Å²) in [6, 6.07) is 24.1. The Hall–Kier alpha value is -4.21. The van der Waals surface area contributed by atoms with Crippen molar-refractivity contribution in [1.82, 2.24) is 10.8 Å². The summed E-state index contributed by atoms with van der Waals surface area (Å²) >= 11 is 0. The van der Waals surface area contributed by atoms with Crippen molar-refractivity contribution in [2.45, 2.75) is 31.6 Å². The molecule has 0 saturated heterocycles. The van der Waals surface area contributed by atoms with Crippen molar-refractivity contribution in [1.29, 1.82) is 0 Å². The molecular formula is C28H28N2O7. The van der Waals surface area contributed by atoms with Crippen LogP contribution in [-0.2, 0) is 30.5 Å². The van der Waals surface area contributed by atoms with Gasteiger partial charge in [-0.2, -0.15) is 0 Å². The van der Waals surface area contributed by atoms with Gasteiger partial charge < -0.3 is 19.9 Å². The summed E-state index contributed by atoms with van der Waals surface area (Å²) in [5.74, 6) is -2.17. The number of fused-ring (bicyclic) bond motifs is 3. The van der Waals surface area contributed by atoms with E-state index in [1.807, 2.05) is 78.9 Å². The van der Waals surface area contributed by atoms with Gasteiger partial charge in [-0.3, -0.25) is 9.63 Å². The number of amides is 2. The van der Waals surface area contributed by atoms with Gasteiger partial charge in [0.1, 0.15) is 12.6 Å². The van der Waals surface area contributed by atoms with Crippen LogP contribution in [0.4, 0.5) is 4.79 Å². The lowest BCUT2D eigenvalue weighted by atomic mass is 9.98. The molecule has 0 aromatic heterocycles. The van der Waals surface area contributed by atoms with E-state index >= 15 is 0 Å². The zero-order chi connectivity index (χ0) is 26.2. The molecule has 2 unspecified atom stereocenters. The minimum atomic E-state index is -1.25. The van der Waals surface area contributed by atoms with Gasteiger partial charge in [-0.1, -0.05) is 78.9 Å². The van der Waals surface area contributed by atoms with Crippen molar-refractivity contribution in [3.05, 3.63) is 95.6 Å². The molecule has 37 heavy (non-hydrogen) atoms. The van der Waals surface area contributed by atoms with Crippen LogP contribution in [0.3, 0.4) is 0 Å². The molecule has 3 aromatic carbocycles. The molecule has 1 aliphatic rings. The number of aliphatic carboxylic acids is 1. The molecule has 0 heterocycles. The van der Waals surface area contributed by atoms with Crippen LogP contribution in [0.2, 0.25) is 0 Å². The fraction of sp³-hybridized carbons (Fsp3) is 0.250. The fourth-order valence-corrected chi connectivity index (χ4v) is 4.29. The van der Waals surface area contributed by atoms with Gasteiger partial charge in [0, 0.05) is 5.92 Å². The highest BCUT2D eigenvalue weighted by Gasteiger charge is 2.32. The monoisotopic (exact) mass is 504 g/mol. The van der Waals surface area contributed by atoms with E-state index in [-0.39, 0.29) is 19.1 Å². The van der Waals surface area contributed by atoms with Gasteiger partial charge >= 0.3 is 12.1 Å². The van der Waals surface area contributed by atoms with Crippen LogP contribution >= 0.6 is 0 Å². The normalized spacial score (nSPS) is 13.6. The molecule has 192 valence electrons. The third kappa shape index (κ3) is 6.52.